The maximum absolute atomic E-state index is 12.3. The van der Waals surface area contributed by atoms with Gasteiger partial charge in [-0.05, 0) is 37.5 Å². The molecule has 0 aliphatic heterocycles. The zero-order valence-electron chi connectivity index (χ0n) is 13.2. The van der Waals surface area contributed by atoms with E-state index in [-0.39, 0.29) is 24.4 Å². The van der Waals surface area contributed by atoms with Gasteiger partial charge in [0.1, 0.15) is 6.04 Å². The molecule has 0 aromatic heterocycles. The van der Waals surface area contributed by atoms with Crippen LogP contribution in [-0.2, 0) is 4.79 Å². The lowest BCUT2D eigenvalue weighted by Gasteiger charge is -2.19. The van der Waals surface area contributed by atoms with E-state index in [1.165, 1.54) is 0 Å². The number of rotatable bonds is 4. The van der Waals surface area contributed by atoms with Crippen LogP contribution < -0.4 is 11.1 Å². The van der Waals surface area contributed by atoms with Gasteiger partial charge in [-0.2, -0.15) is 0 Å². The molecule has 2 rings (SSSR count). The predicted octanol–water partition coefficient (Wildman–Crippen LogP) is 3.60. The minimum absolute atomic E-state index is 0. The fourth-order valence-corrected chi connectivity index (χ4v) is 2.38. The molecule has 3 nitrogen and oxygen atoms in total. The van der Waals surface area contributed by atoms with Gasteiger partial charge >= 0.3 is 0 Å². The molecule has 0 heterocycles. The number of carbonyl (C=O) groups is 1. The number of aryl methyl sites for hydroxylation is 2. The van der Waals surface area contributed by atoms with Crippen LogP contribution in [-0.4, -0.2) is 5.91 Å². The normalized spacial score (nSPS) is 12.9. The second-order valence-electron chi connectivity index (χ2n) is 5.48. The Morgan fingerprint density at radius 3 is 2.23 bits per heavy atom. The van der Waals surface area contributed by atoms with Crippen molar-refractivity contribution >= 4 is 18.3 Å². The first kappa shape index (κ1) is 18.2. The predicted molar refractivity (Wildman–Crippen MR) is 93.1 cm³/mol. The molecule has 0 bridgehead atoms. The molecule has 0 saturated heterocycles. The molecular formula is C18H23ClN2O. The molecule has 2 aromatic carbocycles. The van der Waals surface area contributed by atoms with E-state index in [1.54, 1.807) is 0 Å². The lowest BCUT2D eigenvalue weighted by atomic mass is 10.0. The van der Waals surface area contributed by atoms with Crippen LogP contribution in [0, 0.1) is 13.8 Å². The Kier molecular flexibility index (Phi) is 6.60. The Labute approximate surface area is 138 Å². The summed E-state index contributed by atoms with van der Waals surface area (Å²) in [4.78, 5) is 12.3. The molecule has 0 spiro atoms. The van der Waals surface area contributed by atoms with E-state index < -0.39 is 6.04 Å². The van der Waals surface area contributed by atoms with Gasteiger partial charge in [0.25, 0.3) is 0 Å². The number of hydrogen-bond donors (Lipinski definition) is 2. The average Bonchev–Trinajstić information content (AvgIpc) is 2.47. The lowest BCUT2D eigenvalue weighted by Crippen LogP contribution is -2.35. The van der Waals surface area contributed by atoms with Gasteiger partial charge in [0.05, 0.1) is 6.04 Å². The maximum atomic E-state index is 12.3. The summed E-state index contributed by atoms with van der Waals surface area (Å²) in [6.45, 7) is 6.02. The molecule has 0 fully saturated rings. The van der Waals surface area contributed by atoms with Gasteiger partial charge in [-0.1, -0.05) is 54.1 Å². The highest BCUT2D eigenvalue weighted by Gasteiger charge is 2.18. The molecule has 2 atom stereocenters. The smallest absolute Gasteiger partial charge is 0.241 e. The average molecular weight is 319 g/mol. The van der Waals surface area contributed by atoms with E-state index >= 15 is 0 Å². The zero-order valence-corrected chi connectivity index (χ0v) is 14.0. The van der Waals surface area contributed by atoms with Crippen LogP contribution >= 0.6 is 12.4 Å². The van der Waals surface area contributed by atoms with Crippen molar-refractivity contribution in [1.82, 2.24) is 5.32 Å². The van der Waals surface area contributed by atoms with Crippen molar-refractivity contribution in [3.8, 4) is 0 Å². The Hall–Kier alpha value is -1.84. The van der Waals surface area contributed by atoms with E-state index in [0.717, 1.165) is 22.3 Å². The molecular weight excluding hydrogens is 296 g/mol. The van der Waals surface area contributed by atoms with Crippen molar-refractivity contribution in [3.63, 3.8) is 0 Å². The largest absolute Gasteiger partial charge is 0.348 e. The second kappa shape index (κ2) is 7.97. The zero-order chi connectivity index (χ0) is 15.4. The number of amides is 1. The SMILES string of the molecule is Cc1ccc(C(N)C(=O)NC(C)c2ccccc2C)cc1.Cl. The second-order valence-corrected chi connectivity index (χ2v) is 5.48. The first-order chi connectivity index (χ1) is 9.99. The number of nitrogens with one attached hydrogen (secondary N) is 1. The summed E-state index contributed by atoms with van der Waals surface area (Å²) >= 11 is 0. The van der Waals surface area contributed by atoms with Crippen molar-refractivity contribution in [2.75, 3.05) is 0 Å². The first-order valence-corrected chi connectivity index (χ1v) is 7.17. The number of nitrogens with two attached hydrogens (primary N) is 1. The molecule has 2 aromatic rings. The van der Waals surface area contributed by atoms with Crippen LogP contribution in [0.1, 0.15) is 41.3 Å². The van der Waals surface area contributed by atoms with Crippen molar-refractivity contribution in [2.24, 2.45) is 5.73 Å². The molecule has 1 amide bonds. The minimum atomic E-state index is -0.642. The van der Waals surface area contributed by atoms with Gasteiger partial charge in [-0.15, -0.1) is 12.4 Å². The highest BCUT2D eigenvalue weighted by molar-refractivity contribution is 5.85. The molecule has 0 saturated carbocycles. The third-order valence-corrected chi connectivity index (χ3v) is 3.73. The summed E-state index contributed by atoms with van der Waals surface area (Å²) in [6.07, 6.45) is 0. The van der Waals surface area contributed by atoms with Crippen LogP contribution in [0.25, 0.3) is 0 Å². The summed E-state index contributed by atoms with van der Waals surface area (Å²) in [6, 6.07) is 15.1. The number of hydrogen-bond acceptors (Lipinski definition) is 2. The van der Waals surface area contributed by atoms with Gasteiger partial charge in [0, 0.05) is 0 Å². The molecule has 0 radical (unpaired) electrons. The third-order valence-electron chi connectivity index (χ3n) is 3.73. The highest BCUT2D eigenvalue weighted by atomic mass is 35.5. The maximum Gasteiger partial charge on any atom is 0.241 e. The van der Waals surface area contributed by atoms with Gasteiger partial charge < -0.3 is 11.1 Å². The van der Waals surface area contributed by atoms with Crippen LogP contribution in [0.15, 0.2) is 48.5 Å². The van der Waals surface area contributed by atoms with E-state index in [2.05, 4.69) is 5.32 Å². The highest BCUT2D eigenvalue weighted by Crippen LogP contribution is 2.18. The van der Waals surface area contributed by atoms with E-state index in [9.17, 15) is 4.79 Å². The van der Waals surface area contributed by atoms with Gasteiger partial charge in [0.15, 0.2) is 0 Å². The van der Waals surface area contributed by atoms with Gasteiger partial charge in [-0.3, -0.25) is 4.79 Å². The summed E-state index contributed by atoms with van der Waals surface area (Å²) in [5, 5.41) is 2.99. The summed E-state index contributed by atoms with van der Waals surface area (Å²) in [5.41, 5.74) is 10.3. The van der Waals surface area contributed by atoms with Crippen molar-refractivity contribution in [2.45, 2.75) is 32.9 Å². The van der Waals surface area contributed by atoms with E-state index in [4.69, 9.17) is 5.73 Å². The molecule has 0 aliphatic carbocycles. The van der Waals surface area contributed by atoms with Crippen LogP contribution in [0.4, 0.5) is 0 Å². The minimum Gasteiger partial charge on any atom is -0.348 e. The van der Waals surface area contributed by atoms with Crippen LogP contribution in [0.2, 0.25) is 0 Å². The number of halogens is 1. The quantitative estimate of drug-likeness (QED) is 0.905. The molecule has 4 heteroatoms. The molecule has 2 unspecified atom stereocenters. The summed E-state index contributed by atoms with van der Waals surface area (Å²) < 4.78 is 0. The first-order valence-electron chi connectivity index (χ1n) is 7.17. The Morgan fingerprint density at radius 1 is 1.05 bits per heavy atom. The molecule has 22 heavy (non-hydrogen) atoms. The number of carbonyl (C=O) groups excluding carboxylic acids is 1. The van der Waals surface area contributed by atoms with Crippen molar-refractivity contribution in [1.29, 1.82) is 0 Å². The third kappa shape index (κ3) is 4.33. The number of benzene rings is 2. The van der Waals surface area contributed by atoms with Gasteiger partial charge in [-0.25, -0.2) is 0 Å². The fraction of sp³-hybridized carbons (Fsp3) is 0.278. The molecule has 0 aliphatic rings. The topological polar surface area (TPSA) is 55.1 Å². The summed E-state index contributed by atoms with van der Waals surface area (Å²) in [5.74, 6) is -0.158. The Bertz CT molecular complexity index is 625. The Morgan fingerprint density at radius 2 is 1.64 bits per heavy atom. The van der Waals surface area contributed by atoms with Gasteiger partial charge in [0.2, 0.25) is 5.91 Å². The van der Waals surface area contributed by atoms with E-state index in [1.807, 2.05) is 69.3 Å². The van der Waals surface area contributed by atoms with Crippen LogP contribution in [0.5, 0.6) is 0 Å². The molecule has 3 N–H and O–H groups in total. The monoisotopic (exact) mass is 318 g/mol. The molecule has 118 valence electrons. The van der Waals surface area contributed by atoms with Crippen molar-refractivity contribution in [3.05, 3.63) is 70.8 Å². The summed E-state index contributed by atoms with van der Waals surface area (Å²) in [7, 11) is 0. The standard InChI is InChI=1S/C18H22N2O.ClH/c1-12-8-10-15(11-9-12)17(19)18(21)20-14(3)16-7-5-4-6-13(16)2;/h4-11,14,17H,19H2,1-3H3,(H,20,21);1H. The fourth-order valence-electron chi connectivity index (χ4n) is 2.38. The van der Waals surface area contributed by atoms with E-state index in [0.29, 0.717) is 0 Å². The van der Waals surface area contributed by atoms with Crippen molar-refractivity contribution < 1.29 is 4.79 Å². The van der Waals surface area contributed by atoms with Crippen LogP contribution in [0.3, 0.4) is 0 Å². The Balaban J connectivity index is 0.00000242. The lowest BCUT2D eigenvalue weighted by molar-refractivity contribution is -0.123.